The fraction of sp³-hybridized carbons (Fsp3) is 0.667. The van der Waals surface area contributed by atoms with E-state index < -0.39 is 17.0 Å². The fourth-order valence-corrected chi connectivity index (χ4v) is 1.81. The quantitative estimate of drug-likeness (QED) is 0.628. The van der Waals surface area contributed by atoms with Crippen molar-refractivity contribution >= 4 is 5.91 Å². The van der Waals surface area contributed by atoms with Crippen LogP contribution in [0.15, 0.2) is 16.8 Å². The first-order valence-corrected chi connectivity index (χ1v) is 4.38. The second-order valence-corrected chi connectivity index (χ2v) is 4.50. The molecule has 0 saturated carbocycles. The topological polar surface area (TPSA) is 76.8 Å². The minimum atomic E-state index is -0.787. The first-order chi connectivity index (χ1) is 6.23. The standard InChI is InChI=1S/C9H15N3O2/c1-8(2)5-6(7(13)11-10)9(3,4)12(8)14/h5,10,14H,1-4H3. The highest BCUT2D eigenvalue weighted by Gasteiger charge is 2.47. The van der Waals surface area contributed by atoms with E-state index in [1.54, 1.807) is 33.8 Å². The average Bonchev–Trinajstić information content (AvgIpc) is 2.25. The van der Waals surface area contributed by atoms with Crippen LogP contribution in [-0.4, -0.2) is 27.3 Å². The number of carbonyl (C=O) groups excluding carboxylic acids is 1. The Morgan fingerprint density at radius 3 is 2.29 bits per heavy atom. The van der Waals surface area contributed by atoms with E-state index in [0.29, 0.717) is 5.57 Å². The molecule has 0 unspecified atom stereocenters. The van der Waals surface area contributed by atoms with Crippen molar-refractivity contribution in [2.45, 2.75) is 38.8 Å². The molecule has 5 nitrogen and oxygen atoms in total. The molecule has 2 N–H and O–H groups in total. The first kappa shape index (κ1) is 11.0. The molecule has 0 saturated heterocycles. The van der Waals surface area contributed by atoms with E-state index in [0.717, 1.165) is 5.06 Å². The third-order valence-electron chi connectivity index (χ3n) is 2.56. The smallest absolute Gasteiger partial charge is 0.292 e. The van der Waals surface area contributed by atoms with Gasteiger partial charge >= 0.3 is 0 Å². The Morgan fingerprint density at radius 1 is 1.50 bits per heavy atom. The highest BCUT2D eigenvalue weighted by molar-refractivity contribution is 5.96. The summed E-state index contributed by atoms with van der Waals surface area (Å²) in [7, 11) is 0. The van der Waals surface area contributed by atoms with Crippen molar-refractivity contribution in [3.05, 3.63) is 11.6 Å². The summed E-state index contributed by atoms with van der Waals surface area (Å²) in [6, 6.07) is 0. The third-order valence-corrected chi connectivity index (χ3v) is 2.56. The highest BCUT2D eigenvalue weighted by atomic mass is 16.5. The van der Waals surface area contributed by atoms with E-state index >= 15 is 0 Å². The van der Waals surface area contributed by atoms with Crippen molar-refractivity contribution < 1.29 is 10.0 Å². The Kier molecular flexibility index (Phi) is 2.33. The van der Waals surface area contributed by atoms with E-state index in [2.05, 4.69) is 5.11 Å². The van der Waals surface area contributed by atoms with Gasteiger partial charge in [-0.3, -0.25) is 4.79 Å². The molecule has 0 fully saturated rings. The van der Waals surface area contributed by atoms with Gasteiger partial charge in [0, 0.05) is 5.57 Å². The Hall–Kier alpha value is -1.07. The summed E-state index contributed by atoms with van der Waals surface area (Å²) < 4.78 is 0. The van der Waals surface area contributed by atoms with Crippen molar-refractivity contribution in [3.8, 4) is 0 Å². The van der Waals surface area contributed by atoms with Crippen LogP contribution >= 0.6 is 0 Å². The monoisotopic (exact) mass is 197 g/mol. The molecule has 1 amide bonds. The minimum Gasteiger partial charge on any atom is -0.312 e. The lowest BCUT2D eigenvalue weighted by molar-refractivity contribution is -0.185. The first-order valence-electron chi connectivity index (χ1n) is 4.38. The normalized spacial score (nSPS) is 24.5. The molecule has 1 rings (SSSR count). The fourth-order valence-electron chi connectivity index (χ4n) is 1.81. The zero-order valence-electron chi connectivity index (χ0n) is 8.83. The number of hydrogen-bond donors (Lipinski definition) is 2. The lowest BCUT2D eigenvalue weighted by Gasteiger charge is -2.35. The maximum Gasteiger partial charge on any atom is 0.292 e. The van der Waals surface area contributed by atoms with Gasteiger partial charge in [0.2, 0.25) is 0 Å². The van der Waals surface area contributed by atoms with Crippen molar-refractivity contribution in [2.75, 3.05) is 0 Å². The van der Waals surface area contributed by atoms with Crippen LogP contribution in [0.5, 0.6) is 0 Å². The number of hydroxylamine groups is 2. The number of amides is 1. The molecule has 14 heavy (non-hydrogen) atoms. The number of hydrogen-bond acceptors (Lipinski definition) is 4. The lowest BCUT2D eigenvalue weighted by Crippen LogP contribution is -2.48. The zero-order valence-corrected chi connectivity index (χ0v) is 8.83. The molecule has 0 radical (unpaired) electrons. The number of nitrogens with zero attached hydrogens (tertiary/aromatic N) is 2. The summed E-state index contributed by atoms with van der Waals surface area (Å²) in [6.45, 7) is 7.02. The summed E-state index contributed by atoms with van der Waals surface area (Å²) in [4.78, 5) is 11.3. The third kappa shape index (κ3) is 1.38. The van der Waals surface area contributed by atoms with Crippen LogP contribution in [-0.2, 0) is 4.79 Å². The summed E-state index contributed by atoms with van der Waals surface area (Å²) in [5.41, 5.74) is 5.66. The molecule has 78 valence electrons. The van der Waals surface area contributed by atoms with Gasteiger partial charge in [0.15, 0.2) is 0 Å². The molecule has 1 aliphatic heterocycles. The molecule has 0 bridgehead atoms. The Labute approximate surface area is 82.9 Å². The van der Waals surface area contributed by atoms with Gasteiger partial charge in [-0.25, -0.2) is 5.53 Å². The van der Waals surface area contributed by atoms with Crippen molar-refractivity contribution in [1.29, 1.82) is 5.53 Å². The second-order valence-electron chi connectivity index (χ2n) is 4.50. The Balaban J connectivity index is 3.19. The second kappa shape index (κ2) is 2.96. The van der Waals surface area contributed by atoms with Crippen LogP contribution in [0, 0.1) is 5.53 Å². The largest absolute Gasteiger partial charge is 0.312 e. The number of nitrogens with one attached hydrogen (secondary N) is 1. The number of carbonyl (C=O) groups is 1. The van der Waals surface area contributed by atoms with Crippen LogP contribution in [0.3, 0.4) is 0 Å². The van der Waals surface area contributed by atoms with E-state index in [9.17, 15) is 10.0 Å². The van der Waals surface area contributed by atoms with Crippen molar-refractivity contribution in [3.63, 3.8) is 0 Å². The van der Waals surface area contributed by atoms with Gasteiger partial charge in [-0.05, 0) is 27.7 Å². The molecule has 1 heterocycles. The maximum absolute atomic E-state index is 11.3. The van der Waals surface area contributed by atoms with E-state index in [-0.39, 0.29) is 0 Å². The van der Waals surface area contributed by atoms with E-state index in [1.165, 1.54) is 0 Å². The molecule has 0 aliphatic carbocycles. The molecular formula is C9H15N3O2. The summed E-state index contributed by atoms with van der Waals surface area (Å²) in [5.74, 6) is -0.598. The van der Waals surface area contributed by atoms with Gasteiger partial charge in [-0.2, -0.15) is 5.06 Å². The van der Waals surface area contributed by atoms with Gasteiger partial charge < -0.3 is 5.21 Å². The molecule has 5 heteroatoms. The van der Waals surface area contributed by atoms with Gasteiger partial charge in [-0.1, -0.05) is 6.08 Å². The highest BCUT2D eigenvalue weighted by Crippen LogP contribution is 2.38. The Morgan fingerprint density at radius 2 is 2.00 bits per heavy atom. The summed E-state index contributed by atoms with van der Waals surface area (Å²) in [5, 5.41) is 13.8. The van der Waals surface area contributed by atoms with Gasteiger partial charge in [0.05, 0.1) is 11.1 Å². The SMILES string of the molecule is CC1(C)C=C(C(=O)N=N)C(C)(C)N1O. The Bertz CT molecular complexity index is 318. The minimum absolute atomic E-state index is 0.361. The predicted octanol–water partition coefficient (Wildman–Crippen LogP) is 1.73. The lowest BCUT2D eigenvalue weighted by atomic mass is 9.96. The van der Waals surface area contributed by atoms with Gasteiger partial charge in [0.1, 0.15) is 0 Å². The van der Waals surface area contributed by atoms with Gasteiger partial charge in [0.25, 0.3) is 5.91 Å². The predicted molar refractivity (Wildman–Crippen MR) is 50.0 cm³/mol. The van der Waals surface area contributed by atoms with E-state index in [4.69, 9.17) is 5.53 Å². The van der Waals surface area contributed by atoms with Crippen molar-refractivity contribution in [1.82, 2.24) is 5.06 Å². The van der Waals surface area contributed by atoms with Crippen LogP contribution in [0.4, 0.5) is 0 Å². The molecule has 1 aliphatic rings. The van der Waals surface area contributed by atoms with Crippen LogP contribution < -0.4 is 0 Å². The molecule has 0 aromatic heterocycles. The van der Waals surface area contributed by atoms with Gasteiger partial charge in [-0.15, -0.1) is 5.11 Å². The van der Waals surface area contributed by atoms with Crippen LogP contribution in [0.1, 0.15) is 27.7 Å². The molecule has 0 aromatic carbocycles. The zero-order chi connectivity index (χ0) is 11.1. The van der Waals surface area contributed by atoms with Crippen LogP contribution in [0.2, 0.25) is 0 Å². The summed E-state index contributed by atoms with van der Waals surface area (Å²) in [6.07, 6.45) is 1.65. The molecule has 0 spiro atoms. The molecule has 0 aromatic rings. The molecule has 0 atom stereocenters. The van der Waals surface area contributed by atoms with Crippen molar-refractivity contribution in [2.24, 2.45) is 5.11 Å². The van der Waals surface area contributed by atoms with Crippen LogP contribution in [0.25, 0.3) is 0 Å². The average molecular weight is 197 g/mol. The number of rotatable bonds is 1. The summed E-state index contributed by atoms with van der Waals surface area (Å²) >= 11 is 0. The van der Waals surface area contributed by atoms with E-state index in [1.807, 2.05) is 0 Å². The molecular weight excluding hydrogens is 182 g/mol. The maximum atomic E-state index is 11.3.